The SMILES string of the molecule is CC[C@H](C)c1nc(C)c(Cc2ccc(C)cc2)c(N2CCN(C(=O)COC)CC2)n1. The minimum absolute atomic E-state index is 0.0520. The van der Waals surface area contributed by atoms with Crippen molar-refractivity contribution >= 4 is 11.7 Å². The number of benzene rings is 1. The second-order valence-electron chi connectivity index (χ2n) is 8.24. The maximum absolute atomic E-state index is 12.2. The van der Waals surface area contributed by atoms with Gasteiger partial charge < -0.3 is 14.5 Å². The normalized spacial score (nSPS) is 15.4. The number of carbonyl (C=O) groups is 1. The van der Waals surface area contributed by atoms with Gasteiger partial charge in [0.1, 0.15) is 18.2 Å². The van der Waals surface area contributed by atoms with Crippen molar-refractivity contribution in [3.8, 4) is 0 Å². The summed E-state index contributed by atoms with van der Waals surface area (Å²) in [6, 6.07) is 8.67. The number of carbonyl (C=O) groups excluding carboxylic acids is 1. The minimum Gasteiger partial charge on any atom is -0.375 e. The minimum atomic E-state index is 0.0520. The molecule has 6 heteroatoms. The number of methoxy groups -OCH3 is 1. The summed E-state index contributed by atoms with van der Waals surface area (Å²) in [5.41, 5.74) is 4.76. The smallest absolute Gasteiger partial charge is 0.248 e. The molecule has 30 heavy (non-hydrogen) atoms. The fourth-order valence-corrected chi connectivity index (χ4v) is 3.77. The van der Waals surface area contributed by atoms with Crippen LogP contribution in [-0.2, 0) is 16.0 Å². The van der Waals surface area contributed by atoms with E-state index in [4.69, 9.17) is 14.7 Å². The van der Waals surface area contributed by atoms with Crippen LogP contribution in [0.15, 0.2) is 24.3 Å². The van der Waals surface area contributed by atoms with Crippen molar-refractivity contribution in [3.63, 3.8) is 0 Å². The molecule has 0 N–H and O–H groups in total. The lowest BCUT2D eigenvalue weighted by Gasteiger charge is -2.36. The van der Waals surface area contributed by atoms with Crippen LogP contribution in [0.2, 0.25) is 0 Å². The summed E-state index contributed by atoms with van der Waals surface area (Å²) in [6.07, 6.45) is 1.82. The van der Waals surface area contributed by atoms with Crippen molar-refractivity contribution in [2.45, 2.75) is 46.5 Å². The van der Waals surface area contributed by atoms with E-state index in [1.165, 1.54) is 16.7 Å². The molecule has 0 bridgehead atoms. The third-order valence-electron chi connectivity index (χ3n) is 5.96. The molecule has 1 aliphatic rings. The first-order valence-electron chi connectivity index (χ1n) is 10.9. The van der Waals surface area contributed by atoms with Gasteiger partial charge in [-0.3, -0.25) is 4.79 Å². The highest BCUT2D eigenvalue weighted by atomic mass is 16.5. The number of ether oxygens (including phenoxy) is 1. The van der Waals surface area contributed by atoms with Crippen LogP contribution >= 0.6 is 0 Å². The Hall–Kier alpha value is -2.47. The summed E-state index contributed by atoms with van der Waals surface area (Å²) in [5.74, 6) is 2.31. The maximum atomic E-state index is 12.2. The van der Waals surface area contributed by atoms with E-state index in [0.717, 1.165) is 43.3 Å². The topological polar surface area (TPSA) is 58.6 Å². The molecule has 2 heterocycles. The Morgan fingerprint density at radius 1 is 1.10 bits per heavy atom. The van der Waals surface area contributed by atoms with Gasteiger partial charge in [-0.15, -0.1) is 0 Å². The highest BCUT2D eigenvalue weighted by Crippen LogP contribution is 2.28. The Bertz CT molecular complexity index is 858. The Morgan fingerprint density at radius 3 is 2.37 bits per heavy atom. The number of hydrogen-bond donors (Lipinski definition) is 0. The molecule has 1 saturated heterocycles. The average Bonchev–Trinajstić information content (AvgIpc) is 2.76. The first-order chi connectivity index (χ1) is 14.4. The number of rotatable bonds is 7. The molecule has 0 radical (unpaired) electrons. The van der Waals surface area contributed by atoms with Gasteiger partial charge in [-0.05, 0) is 25.8 Å². The molecule has 1 aromatic heterocycles. The van der Waals surface area contributed by atoms with Crippen molar-refractivity contribution in [1.82, 2.24) is 14.9 Å². The highest BCUT2D eigenvalue weighted by molar-refractivity contribution is 5.77. The van der Waals surface area contributed by atoms with Gasteiger partial charge in [0, 0.05) is 56.9 Å². The molecule has 0 saturated carbocycles. The van der Waals surface area contributed by atoms with Crippen LogP contribution in [0.25, 0.3) is 0 Å². The van der Waals surface area contributed by atoms with E-state index in [1.54, 1.807) is 7.11 Å². The molecular formula is C24H34N4O2. The fourth-order valence-electron chi connectivity index (χ4n) is 3.77. The fraction of sp³-hybridized carbons (Fsp3) is 0.542. The molecule has 1 amide bonds. The van der Waals surface area contributed by atoms with Crippen LogP contribution < -0.4 is 4.90 Å². The first kappa shape index (κ1) is 22.2. The van der Waals surface area contributed by atoms with E-state index < -0.39 is 0 Å². The zero-order chi connectivity index (χ0) is 21.7. The van der Waals surface area contributed by atoms with Crippen LogP contribution in [0.1, 0.15) is 54.4 Å². The number of amides is 1. The number of anilines is 1. The Morgan fingerprint density at radius 2 is 1.77 bits per heavy atom. The molecule has 2 aromatic rings. The van der Waals surface area contributed by atoms with Crippen molar-refractivity contribution < 1.29 is 9.53 Å². The van der Waals surface area contributed by atoms with Gasteiger partial charge in [0.2, 0.25) is 5.91 Å². The van der Waals surface area contributed by atoms with E-state index in [9.17, 15) is 4.79 Å². The van der Waals surface area contributed by atoms with Crippen LogP contribution in [0.5, 0.6) is 0 Å². The largest absolute Gasteiger partial charge is 0.375 e. The van der Waals surface area contributed by atoms with Crippen LogP contribution in [0.3, 0.4) is 0 Å². The lowest BCUT2D eigenvalue weighted by molar-refractivity contribution is -0.135. The standard InChI is InChI=1S/C24H34N4O2/c1-6-18(3)23-25-19(4)21(15-20-9-7-17(2)8-10-20)24(26-23)28-13-11-27(12-14-28)22(29)16-30-5/h7-10,18H,6,11-16H2,1-5H3/t18-/m0/s1. The van der Waals surface area contributed by atoms with Gasteiger partial charge >= 0.3 is 0 Å². The summed E-state index contributed by atoms with van der Waals surface area (Å²) in [4.78, 5) is 26.3. The summed E-state index contributed by atoms with van der Waals surface area (Å²) in [7, 11) is 1.56. The highest BCUT2D eigenvalue weighted by Gasteiger charge is 2.25. The molecule has 162 valence electrons. The molecule has 0 aliphatic carbocycles. The second-order valence-corrected chi connectivity index (χ2v) is 8.24. The van der Waals surface area contributed by atoms with Gasteiger partial charge in [-0.25, -0.2) is 9.97 Å². The number of hydrogen-bond acceptors (Lipinski definition) is 5. The van der Waals surface area contributed by atoms with Crippen LogP contribution in [0, 0.1) is 13.8 Å². The van der Waals surface area contributed by atoms with E-state index in [0.29, 0.717) is 19.0 Å². The van der Waals surface area contributed by atoms with E-state index in [-0.39, 0.29) is 12.5 Å². The van der Waals surface area contributed by atoms with Gasteiger partial charge in [-0.1, -0.05) is 43.7 Å². The number of nitrogens with zero attached hydrogens (tertiary/aromatic N) is 4. The van der Waals surface area contributed by atoms with Gasteiger partial charge in [-0.2, -0.15) is 0 Å². The molecule has 1 aromatic carbocycles. The summed E-state index contributed by atoms with van der Waals surface area (Å²) < 4.78 is 5.01. The van der Waals surface area contributed by atoms with Crippen LogP contribution in [0.4, 0.5) is 5.82 Å². The molecule has 1 atom stereocenters. The average molecular weight is 411 g/mol. The number of piperazine rings is 1. The maximum Gasteiger partial charge on any atom is 0.248 e. The lowest BCUT2D eigenvalue weighted by Crippen LogP contribution is -2.50. The van der Waals surface area contributed by atoms with Gasteiger partial charge in [0.15, 0.2) is 0 Å². The third-order valence-corrected chi connectivity index (χ3v) is 5.96. The Balaban J connectivity index is 1.89. The third kappa shape index (κ3) is 5.17. The van der Waals surface area contributed by atoms with E-state index >= 15 is 0 Å². The molecule has 6 nitrogen and oxygen atoms in total. The summed E-state index contributed by atoms with van der Waals surface area (Å²) >= 11 is 0. The zero-order valence-electron chi connectivity index (χ0n) is 18.9. The quantitative estimate of drug-likeness (QED) is 0.699. The number of aryl methyl sites for hydroxylation is 2. The van der Waals surface area contributed by atoms with Crippen LogP contribution in [-0.4, -0.2) is 60.7 Å². The van der Waals surface area contributed by atoms with Crippen molar-refractivity contribution in [2.75, 3.05) is 44.8 Å². The van der Waals surface area contributed by atoms with Crippen molar-refractivity contribution in [1.29, 1.82) is 0 Å². The predicted molar refractivity (Wildman–Crippen MR) is 120 cm³/mol. The van der Waals surface area contributed by atoms with Gasteiger partial charge in [0.25, 0.3) is 0 Å². The zero-order valence-corrected chi connectivity index (χ0v) is 18.9. The van der Waals surface area contributed by atoms with Crippen molar-refractivity contribution in [2.24, 2.45) is 0 Å². The molecule has 0 unspecified atom stereocenters. The van der Waals surface area contributed by atoms with E-state index in [2.05, 4.69) is 56.9 Å². The monoisotopic (exact) mass is 410 g/mol. The summed E-state index contributed by atoms with van der Waals surface area (Å²) in [6.45, 7) is 11.6. The Kier molecular flexibility index (Phi) is 7.43. The van der Waals surface area contributed by atoms with Gasteiger partial charge in [0.05, 0.1) is 0 Å². The second kappa shape index (κ2) is 10.0. The Labute approximate surface area is 180 Å². The number of aromatic nitrogens is 2. The first-order valence-corrected chi connectivity index (χ1v) is 10.9. The molecule has 0 spiro atoms. The molecule has 1 fully saturated rings. The lowest BCUT2D eigenvalue weighted by atomic mass is 10.0. The summed E-state index contributed by atoms with van der Waals surface area (Å²) in [5, 5.41) is 0. The van der Waals surface area contributed by atoms with E-state index in [1.807, 2.05) is 4.90 Å². The predicted octanol–water partition coefficient (Wildman–Crippen LogP) is 3.49. The van der Waals surface area contributed by atoms with Crippen molar-refractivity contribution in [3.05, 3.63) is 52.5 Å². The molecule has 3 rings (SSSR count). The molecular weight excluding hydrogens is 376 g/mol. The molecule has 1 aliphatic heterocycles.